The second kappa shape index (κ2) is 8.47. The monoisotopic (exact) mass is 460 g/mol. The number of fused-ring (bicyclic) bond motifs is 2. The van der Waals surface area contributed by atoms with Gasteiger partial charge in [0.2, 0.25) is 0 Å². The SMILES string of the molecule is Cc1cccc2c(NC(=O)c3cccnc3)cc(N3CCS(O)(O)c4ccccc4C3)nc12. The van der Waals surface area contributed by atoms with Crippen LogP contribution in [-0.2, 0) is 6.54 Å². The zero-order chi connectivity index (χ0) is 23.0. The molecule has 1 aliphatic rings. The smallest absolute Gasteiger partial charge is 0.257 e. The summed E-state index contributed by atoms with van der Waals surface area (Å²) in [4.78, 5) is 24.5. The summed E-state index contributed by atoms with van der Waals surface area (Å²) in [7, 11) is -2.88. The molecule has 0 spiro atoms. The molecule has 0 radical (unpaired) electrons. The van der Waals surface area contributed by atoms with Gasteiger partial charge in [0.15, 0.2) is 0 Å². The molecule has 1 aliphatic heterocycles. The minimum Gasteiger partial charge on any atom is -0.351 e. The molecule has 0 unspecified atom stereocenters. The third-order valence-corrected chi connectivity index (χ3v) is 7.71. The average Bonchev–Trinajstić information content (AvgIpc) is 2.96. The largest absolute Gasteiger partial charge is 0.351 e. The Kier molecular flexibility index (Phi) is 5.49. The number of carbonyl (C=O) groups excluding carboxylic acids is 1. The van der Waals surface area contributed by atoms with Crippen molar-refractivity contribution in [1.82, 2.24) is 9.97 Å². The number of aryl methyl sites for hydroxylation is 1. The highest BCUT2D eigenvalue weighted by molar-refractivity contribution is 8.24. The van der Waals surface area contributed by atoms with Crippen LogP contribution in [0.4, 0.5) is 11.5 Å². The number of hydrogen-bond acceptors (Lipinski definition) is 6. The minimum absolute atomic E-state index is 0.217. The molecule has 0 bridgehead atoms. The summed E-state index contributed by atoms with van der Waals surface area (Å²) < 4.78 is 21.4. The Balaban J connectivity index is 1.58. The van der Waals surface area contributed by atoms with E-state index >= 15 is 0 Å². The molecule has 0 aliphatic carbocycles. The third kappa shape index (κ3) is 4.16. The highest BCUT2D eigenvalue weighted by atomic mass is 32.3. The van der Waals surface area contributed by atoms with Gasteiger partial charge in [-0.3, -0.25) is 18.9 Å². The Morgan fingerprint density at radius 1 is 1.09 bits per heavy atom. The molecule has 168 valence electrons. The number of hydrogen-bond donors (Lipinski definition) is 3. The lowest BCUT2D eigenvalue weighted by molar-refractivity contribution is 0.102. The van der Waals surface area contributed by atoms with Crippen LogP contribution in [0.1, 0.15) is 21.5 Å². The van der Waals surface area contributed by atoms with E-state index < -0.39 is 10.6 Å². The fraction of sp³-hybridized carbons (Fsp3) is 0.160. The van der Waals surface area contributed by atoms with Crippen molar-refractivity contribution in [3.63, 3.8) is 0 Å². The molecule has 0 fully saturated rings. The molecule has 0 atom stereocenters. The maximum Gasteiger partial charge on any atom is 0.257 e. The molecule has 3 heterocycles. The van der Waals surface area contributed by atoms with Crippen LogP contribution in [0, 0.1) is 6.92 Å². The molecule has 0 saturated heterocycles. The van der Waals surface area contributed by atoms with E-state index in [0.717, 1.165) is 22.0 Å². The Hall–Kier alpha value is -3.46. The van der Waals surface area contributed by atoms with E-state index in [2.05, 4.69) is 10.3 Å². The van der Waals surface area contributed by atoms with Crippen LogP contribution >= 0.6 is 10.6 Å². The highest BCUT2D eigenvalue weighted by Gasteiger charge is 2.27. The summed E-state index contributed by atoms with van der Waals surface area (Å²) in [6, 6.07) is 18.6. The minimum atomic E-state index is -2.88. The number of carbonyl (C=O) groups is 1. The Bertz CT molecular complexity index is 1340. The summed E-state index contributed by atoms with van der Waals surface area (Å²) in [5.41, 5.74) is 3.76. The van der Waals surface area contributed by atoms with Gasteiger partial charge in [-0.1, -0.05) is 36.4 Å². The van der Waals surface area contributed by atoms with Gasteiger partial charge < -0.3 is 10.2 Å². The van der Waals surface area contributed by atoms with Gasteiger partial charge in [-0.05, 0) is 36.2 Å². The van der Waals surface area contributed by atoms with Crippen molar-refractivity contribution in [2.75, 3.05) is 22.5 Å². The normalized spacial score (nSPS) is 16.0. The first-order valence-electron chi connectivity index (χ1n) is 10.6. The van der Waals surface area contributed by atoms with Crippen molar-refractivity contribution in [1.29, 1.82) is 0 Å². The van der Waals surface area contributed by atoms with Gasteiger partial charge in [-0.15, -0.1) is 0 Å². The van der Waals surface area contributed by atoms with Gasteiger partial charge in [0.1, 0.15) is 5.82 Å². The van der Waals surface area contributed by atoms with E-state index in [0.29, 0.717) is 35.1 Å². The fourth-order valence-corrected chi connectivity index (χ4v) is 5.66. The molecule has 1 amide bonds. The second-order valence-electron chi connectivity index (χ2n) is 8.10. The summed E-state index contributed by atoms with van der Waals surface area (Å²) in [5.74, 6) is 0.637. The van der Waals surface area contributed by atoms with Crippen molar-refractivity contribution in [3.8, 4) is 0 Å². The fourth-order valence-electron chi connectivity index (χ4n) is 4.12. The van der Waals surface area contributed by atoms with Gasteiger partial charge in [-0.2, -0.15) is 10.6 Å². The predicted molar refractivity (Wildman–Crippen MR) is 132 cm³/mol. The number of nitrogens with one attached hydrogen (secondary N) is 1. The maximum atomic E-state index is 12.9. The summed E-state index contributed by atoms with van der Waals surface area (Å²) in [6.07, 6.45) is 3.16. The van der Waals surface area contributed by atoms with Crippen LogP contribution in [0.3, 0.4) is 0 Å². The lowest BCUT2D eigenvalue weighted by Crippen LogP contribution is -2.26. The van der Waals surface area contributed by atoms with E-state index in [1.54, 1.807) is 24.4 Å². The highest BCUT2D eigenvalue weighted by Crippen LogP contribution is 2.51. The number of para-hydroxylation sites is 1. The first-order chi connectivity index (χ1) is 15.9. The Morgan fingerprint density at radius 3 is 2.76 bits per heavy atom. The van der Waals surface area contributed by atoms with E-state index in [1.807, 2.05) is 54.3 Å². The van der Waals surface area contributed by atoms with Crippen LogP contribution in [0.2, 0.25) is 0 Å². The number of nitrogens with zero attached hydrogens (tertiary/aromatic N) is 3. The lowest BCUT2D eigenvalue weighted by Gasteiger charge is -2.32. The first kappa shape index (κ1) is 21.4. The summed E-state index contributed by atoms with van der Waals surface area (Å²) >= 11 is 0. The molecule has 4 aromatic rings. The van der Waals surface area contributed by atoms with Crippen LogP contribution < -0.4 is 10.2 Å². The van der Waals surface area contributed by atoms with Gasteiger partial charge in [-0.25, -0.2) is 4.98 Å². The predicted octanol–water partition coefficient (Wildman–Crippen LogP) is 5.32. The Labute approximate surface area is 193 Å². The van der Waals surface area contributed by atoms with Crippen molar-refractivity contribution < 1.29 is 13.9 Å². The van der Waals surface area contributed by atoms with Crippen molar-refractivity contribution in [2.45, 2.75) is 18.4 Å². The maximum absolute atomic E-state index is 12.9. The van der Waals surface area contributed by atoms with Gasteiger partial charge in [0.25, 0.3) is 5.91 Å². The van der Waals surface area contributed by atoms with Crippen LogP contribution in [0.25, 0.3) is 10.9 Å². The number of pyridine rings is 2. The number of amides is 1. The molecule has 2 aromatic heterocycles. The standard InChI is InChI=1S/C25H24N4O3S/c1-17-6-4-9-20-21(27-25(30)18-8-5-11-26-15-18)14-23(28-24(17)20)29-12-13-33(31,32)22-10-3-2-7-19(22)16-29/h2-11,14-15,31-32H,12-13,16H2,1H3,(H,27,28,30). The van der Waals surface area contributed by atoms with Gasteiger partial charge >= 0.3 is 0 Å². The van der Waals surface area contributed by atoms with E-state index in [9.17, 15) is 13.9 Å². The second-order valence-corrected chi connectivity index (χ2v) is 10.3. The van der Waals surface area contributed by atoms with Crippen molar-refractivity contribution in [3.05, 3.63) is 89.7 Å². The van der Waals surface area contributed by atoms with Crippen molar-refractivity contribution in [2.24, 2.45) is 0 Å². The molecule has 3 N–H and O–H groups in total. The van der Waals surface area contributed by atoms with E-state index in [-0.39, 0.29) is 11.7 Å². The number of aromatic nitrogens is 2. The molecule has 2 aromatic carbocycles. The number of rotatable bonds is 3. The molecule has 8 heteroatoms. The number of anilines is 2. The lowest BCUT2D eigenvalue weighted by atomic mass is 10.1. The summed E-state index contributed by atoms with van der Waals surface area (Å²) in [6.45, 7) is 2.91. The molecule has 0 saturated carbocycles. The topological polar surface area (TPSA) is 98.6 Å². The van der Waals surface area contributed by atoms with Crippen LogP contribution in [0.15, 0.2) is 78.0 Å². The molecule has 33 heavy (non-hydrogen) atoms. The van der Waals surface area contributed by atoms with Crippen molar-refractivity contribution >= 4 is 38.9 Å². The van der Waals surface area contributed by atoms with E-state index in [1.165, 1.54) is 6.20 Å². The van der Waals surface area contributed by atoms with Crippen LogP contribution in [-0.4, -0.2) is 37.3 Å². The van der Waals surface area contributed by atoms with E-state index in [4.69, 9.17) is 4.98 Å². The molecule has 5 rings (SSSR count). The number of benzene rings is 2. The zero-order valence-corrected chi connectivity index (χ0v) is 18.9. The zero-order valence-electron chi connectivity index (χ0n) is 18.1. The van der Waals surface area contributed by atoms with Gasteiger partial charge in [0, 0.05) is 36.9 Å². The Morgan fingerprint density at radius 2 is 1.94 bits per heavy atom. The quantitative estimate of drug-likeness (QED) is 0.383. The van der Waals surface area contributed by atoms with Gasteiger partial charge in [0.05, 0.1) is 27.4 Å². The molecule has 7 nitrogen and oxygen atoms in total. The molecular formula is C25H24N4O3S. The average molecular weight is 461 g/mol. The molecular weight excluding hydrogens is 436 g/mol. The third-order valence-electron chi connectivity index (χ3n) is 5.86. The summed E-state index contributed by atoms with van der Waals surface area (Å²) in [5, 5.41) is 3.86. The first-order valence-corrected chi connectivity index (χ1v) is 12.3. The van der Waals surface area contributed by atoms with Crippen LogP contribution in [0.5, 0.6) is 0 Å².